The monoisotopic (exact) mass is 213 g/mol. The lowest BCUT2D eigenvalue weighted by molar-refractivity contribution is -0.119. The summed E-state index contributed by atoms with van der Waals surface area (Å²) in [7, 11) is 0. The van der Waals surface area contributed by atoms with Crippen molar-refractivity contribution < 1.29 is 4.79 Å². The van der Waals surface area contributed by atoms with Crippen molar-refractivity contribution in [2.75, 3.05) is 26.2 Å². The topological polar surface area (TPSA) is 58.4 Å². The van der Waals surface area contributed by atoms with E-state index in [1.165, 1.54) is 25.8 Å². The van der Waals surface area contributed by atoms with Crippen molar-refractivity contribution in [3.63, 3.8) is 0 Å². The molecule has 0 aliphatic carbocycles. The Morgan fingerprint density at radius 3 is 3.00 bits per heavy atom. The highest BCUT2D eigenvalue weighted by Gasteiger charge is 2.16. The first-order valence-electron chi connectivity index (χ1n) is 5.95. The van der Waals surface area contributed by atoms with Crippen LogP contribution in [0.2, 0.25) is 0 Å². The molecule has 1 unspecified atom stereocenters. The second kappa shape index (κ2) is 6.80. The molecule has 4 heteroatoms. The fourth-order valence-electron chi connectivity index (χ4n) is 2.07. The Bertz CT molecular complexity index is 196. The summed E-state index contributed by atoms with van der Waals surface area (Å²) in [6.45, 7) is 5.44. The summed E-state index contributed by atoms with van der Waals surface area (Å²) in [4.78, 5) is 13.4. The second-order valence-electron chi connectivity index (χ2n) is 4.29. The minimum absolute atomic E-state index is 0.0540. The zero-order chi connectivity index (χ0) is 11.1. The van der Waals surface area contributed by atoms with Crippen molar-refractivity contribution in [3.05, 3.63) is 0 Å². The zero-order valence-electron chi connectivity index (χ0n) is 9.67. The molecule has 1 aliphatic rings. The molecule has 0 bridgehead atoms. The van der Waals surface area contributed by atoms with Crippen LogP contribution < -0.4 is 11.1 Å². The first-order chi connectivity index (χ1) is 7.24. The van der Waals surface area contributed by atoms with Crippen molar-refractivity contribution in [2.24, 2.45) is 5.73 Å². The van der Waals surface area contributed by atoms with Crippen molar-refractivity contribution in [3.8, 4) is 0 Å². The third-order valence-electron chi connectivity index (χ3n) is 3.07. The molecule has 15 heavy (non-hydrogen) atoms. The van der Waals surface area contributed by atoms with E-state index >= 15 is 0 Å². The highest BCUT2D eigenvalue weighted by atomic mass is 16.1. The molecule has 0 radical (unpaired) electrons. The Morgan fingerprint density at radius 1 is 1.53 bits per heavy atom. The molecule has 0 aromatic heterocycles. The van der Waals surface area contributed by atoms with Gasteiger partial charge in [0.05, 0.1) is 6.54 Å². The van der Waals surface area contributed by atoms with E-state index in [0.29, 0.717) is 6.04 Å². The fraction of sp³-hybridized carbons (Fsp3) is 0.909. The van der Waals surface area contributed by atoms with Crippen molar-refractivity contribution in [1.82, 2.24) is 10.2 Å². The summed E-state index contributed by atoms with van der Waals surface area (Å²) < 4.78 is 0. The highest BCUT2D eigenvalue weighted by molar-refractivity contribution is 5.77. The lowest BCUT2D eigenvalue weighted by atomic mass is 10.0. The molecule has 1 atom stereocenters. The van der Waals surface area contributed by atoms with Gasteiger partial charge in [0, 0.05) is 19.1 Å². The molecule has 1 fully saturated rings. The number of carbonyl (C=O) groups is 1. The maximum atomic E-state index is 10.9. The Kier molecular flexibility index (Phi) is 5.65. The summed E-state index contributed by atoms with van der Waals surface area (Å²) in [5, 5.41) is 2.80. The number of rotatable bonds is 5. The van der Waals surface area contributed by atoms with Gasteiger partial charge in [0.2, 0.25) is 5.91 Å². The van der Waals surface area contributed by atoms with Gasteiger partial charge < -0.3 is 16.0 Å². The van der Waals surface area contributed by atoms with Gasteiger partial charge in [0.25, 0.3) is 0 Å². The normalized spacial score (nSPS) is 22.7. The number of hydrogen-bond donors (Lipinski definition) is 2. The van der Waals surface area contributed by atoms with Crippen LogP contribution in [0.4, 0.5) is 0 Å². The maximum Gasteiger partial charge on any atom is 0.233 e. The van der Waals surface area contributed by atoms with E-state index in [0.717, 1.165) is 19.5 Å². The van der Waals surface area contributed by atoms with Crippen LogP contribution in [0.5, 0.6) is 0 Å². The molecule has 0 aromatic rings. The Morgan fingerprint density at radius 2 is 2.33 bits per heavy atom. The third kappa shape index (κ3) is 4.62. The molecular formula is C11H23N3O. The summed E-state index contributed by atoms with van der Waals surface area (Å²) in [6.07, 6.45) is 5.02. The van der Waals surface area contributed by atoms with Gasteiger partial charge in [-0.2, -0.15) is 0 Å². The summed E-state index contributed by atoms with van der Waals surface area (Å²) in [5.74, 6) is -0.0540. The summed E-state index contributed by atoms with van der Waals surface area (Å²) >= 11 is 0. The van der Waals surface area contributed by atoms with Crippen LogP contribution in [-0.2, 0) is 4.79 Å². The maximum absolute atomic E-state index is 10.9. The van der Waals surface area contributed by atoms with Crippen LogP contribution in [0.3, 0.4) is 0 Å². The lowest BCUT2D eigenvalue weighted by Gasteiger charge is -2.33. The zero-order valence-corrected chi connectivity index (χ0v) is 9.67. The van der Waals surface area contributed by atoms with E-state index in [2.05, 4.69) is 17.1 Å². The van der Waals surface area contributed by atoms with Crippen LogP contribution in [0.15, 0.2) is 0 Å². The van der Waals surface area contributed by atoms with Gasteiger partial charge in [-0.3, -0.25) is 4.79 Å². The lowest BCUT2D eigenvalue weighted by Crippen LogP contribution is -2.39. The van der Waals surface area contributed by atoms with Crippen LogP contribution in [0.1, 0.15) is 32.6 Å². The number of nitrogens with zero attached hydrogens (tertiary/aromatic N) is 1. The highest BCUT2D eigenvalue weighted by Crippen LogP contribution is 2.15. The molecule has 0 aromatic carbocycles. The van der Waals surface area contributed by atoms with Gasteiger partial charge in [0.15, 0.2) is 0 Å². The molecule has 1 aliphatic heterocycles. The SMILES string of the molecule is CC1CCCCN1CCCNC(=O)CN. The summed E-state index contributed by atoms with van der Waals surface area (Å²) in [6, 6.07) is 0.712. The average molecular weight is 213 g/mol. The van der Waals surface area contributed by atoms with Crippen LogP contribution in [0, 0.1) is 0 Å². The van der Waals surface area contributed by atoms with Crippen LogP contribution in [-0.4, -0.2) is 43.0 Å². The minimum atomic E-state index is -0.0540. The fourth-order valence-corrected chi connectivity index (χ4v) is 2.07. The quantitative estimate of drug-likeness (QED) is 0.647. The molecule has 1 heterocycles. The van der Waals surface area contributed by atoms with E-state index in [1.807, 2.05) is 0 Å². The molecule has 0 saturated carbocycles. The number of carbonyl (C=O) groups excluding carboxylic acids is 1. The standard InChI is InChI=1S/C11H23N3O/c1-10-5-2-3-7-14(10)8-4-6-13-11(15)9-12/h10H,2-9,12H2,1H3,(H,13,15). The number of hydrogen-bond acceptors (Lipinski definition) is 3. The molecule has 4 nitrogen and oxygen atoms in total. The predicted molar refractivity (Wildman–Crippen MR) is 61.6 cm³/mol. The molecule has 3 N–H and O–H groups in total. The Labute approximate surface area is 92.2 Å². The van der Waals surface area contributed by atoms with E-state index < -0.39 is 0 Å². The van der Waals surface area contributed by atoms with Crippen molar-refractivity contribution in [2.45, 2.75) is 38.6 Å². The van der Waals surface area contributed by atoms with Crippen molar-refractivity contribution >= 4 is 5.91 Å². The van der Waals surface area contributed by atoms with Crippen LogP contribution >= 0.6 is 0 Å². The molecule has 1 saturated heterocycles. The van der Waals surface area contributed by atoms with Crippen molar-refractivity contribution in [1.29, 1.82) is 0 Å². The van der Waals surface area contributed by atoms with Gasteiger partial charge in [0.1, 0.15) is 0 Å². The second-order valence-corrected chi connectivity index (χ2v) is 4.29. The molecule has 1 rings (SSSR count). The van der Waals surface area contributed by atoms with E-state index in [-0.39, 0.29) is 12.5 Å². The number of likely N-dealkylation sites (tertiary alicyclic amines) is 1. The van der Waals surface area contributed by atoms with E-state index in [9.17, 15) is 4.79 Å². The molecule has 0 spiro atoms. The summed E-state index contributed by atoms with van der Waals surface area (Å²) in [5.41, 5.74) is 5.20. The number of nitrogens with one attached hydrogen (secondary N) is 1. The van der Waals surface area contributed by atoms with Gasteiger partial charge in [-0.15, -0.1) is 0 Å². The first kappa shape index (κ1) is 12.5. The Hall–Kier alpha value is -0.610. The van der Waals surface area contributed by atoms with E-state index in [1.54, 1.807) is 0 Å². The number of nitrogens with two attached hydrogens (primary N) is 1. The molecular weight excluding hydrogens is 190 g/mol. The number of piperidine rings is 1. The first-order valence-corrected chi connectivity index (χ1v) is 5.95. The van der Waals surface area contributed by atoms with Gasteiger partial charge in [-0.1, -0.05) is 6.42 Å². The minimum Gasteiger partial charge on any atom is -0.355 e. The predicted octanol–water partition coefficient (Wildman–Crippen LogP) is 0.326. The Balaban J connectivity index is 2.06. The molecule has 88 valence electrons. The van der Waals surface area contributed by atoms with Crippen LogP contribution in [0.25, 0.3) is 0 Å². The van der Waals surface area contributed by atoms with E-state index in [4.69, 9.17) is 5.73 Å². The van der Waals surface area contributed by atoms with Gasteiger partial charge in [-0.05, 0) is 32.7 Å². The largest absolute Gasteiger partial charge is 0.355 e. The smallest absolute Gasteiger partial charge is 0.233 e. The third-order valence-corrected chi connectivity index (χ3v) is 3.07. The number of amides is 1. The molecule has 1 amide bonds. The van der Waals surface area contributed by atoms with Gasteiger partial charge in [-0.25, -0.2) is 0 Å². The average Bonchev–Trinajstić information content (AvgIpc) is 2.26. The van der Waals surface area contributed by atoms with Gasteiger partial charge >= 0.3 is 0 Å².